The van der Waals surface area contributed by atoms with Crippen LogP contribution in [0.15, 0.2) is 30.9 Å². The second-order valence-corrected chi connectivity index (χ2v) is 8.02. The molecule has 6 heteroatoms. The Morgan fingerprint density at radius 1 is 1.21 bits per heavy atom. The Morgan fingerprint density at radius 2 is 1.93 bits per heavy atom. The third-order valence-electron chi connectivity index (χ3n) is 6.73. The number of hydrogen-bond donors (Lipinski definition) is 2. The van der Waals surface area contributed by atoms with E-state index in [0.29, 0.717) is 30.8 Å². The number of hydrogen-bond acceptors (Lipinski definition) is 6. The van der Waals surface area contributed by atoms with Gasteiger partial charge < -0.3 is 29.2 Å². The number of ether oxygens (including phenoxy) is 4. The first-order chi connectivity index (χ1) is 13.3. The van der Waals surface area contributed by atoms with Crippen LogP contribution >= 0.6 is 0 Å². The molecule has 0 radical (unpaired) electrons. The number of methoxy groups -OCH3 is 3. The first kappa shape index (κ1) is 21.1. The van der Waals surface area contributed by atoms with Gasteiger partial charge in [0.05, 0.1) is 32.5 Å². The van der Waals surface area contributed by atoms with E-state index in [-0.39, 0.29) is 24.5 Å². The van der Waals surface area contributed by atoms with Crippen LogP contribution in [0.25, 0.3) is 0 Å². The van der Waals surface area contributed by atoms with Crippen molar-refractivity contribution in [1.82, 2.24) is 0 Å². The molecule has 1 saturated heterocycles. The van der Waals surface area contributed by atoms with Gasteiger partial charge in [0.15, 0.2) is 17.3 Å². The van der Waals surface area contributed by atoms with Crippen LogP contribution in [0.2, 0.25) is 0 Å². The van der Waals surface area contributed by atoms with Crippen molar-refractivity contribution >= 4 is 0 Å². The number of allylic oxidation sites excluding steroid dienone is 1. The van der Waals surface area contributed by atoms with E-state index in [1.807, 2.05) is 24.3 Å². The predicted molar refractivity (Wildman–Crippen MR) is 106 cm³/mol. The van der Waals surface area contributed by atoms with Gasteiger partial charge in [0, 0.05) is 18.9 Å². The highest BCUT2D eigenvalue weighted by Gasteiger charge is 2.66. The fourth-order valence-electron chi connectivity index (χ4n) is 5.07. The number of aliphatic hydroxyl groups is 2. The maximum Gasteiger partial charge on any atom is 0.174 e. The quantitative estimate of drug-likeness (QED) is 0.695. The molecule has 2 aliphatic rings. The minimum absolute atomic E-state index is 0.0498. The van der Waals surface area contributed by atoms with E-state index in [4.69, 9.17) is 18.9 Å². The Hall–Kier alpha value is -1.60. The molecule has 0 amide bonds. The molecule has 3 rings (SSSR count). The molecule has 1 aromatic carbocycles. The highest BCUT2D eigenvalue weighted by atomic mass is 16.6. The van der Waals surface area contributed by atoms with Gasteiger partial charge >= 0.3 is 0 Å². The van der Waals surface area contributed by atoms with Gasteiger partial charge in [-0.3, -0.25) is 0 Å². The van der Waals surface area contributed by atoms with Gasteiger partial charge in [0.2, 0.25) is 0 Å². The Labute approximate surface area is 167 Å². The molecule has 0 aromatic heterocycles. The van der Waals surface area contributed by atoms with Gasteiger partial charge in [-0.15, -0.1) is 6.58 Å². The molecule has 2 N–H and O–H groups in total. The van der Waals surface area contributed by atoms with Crippen molar-refractivity contribution < 1.29 is 29.2 Å². The molecule has 6 atom stereocenters. The molecular formula is C22H32O6. The van der Waals surface area contributed by atoms with Gasteiger partial charge in [-0.05, 0) is 42.9 Å². The predicted octanol–water partition coefficient (Wildman–Crippen LogP) is 2.70. The normalized spacial score (nSPS) is 37.4. The monoisotopic (exact) mass is 392 g/mol. The largest absolute Gasteiger partial charge is 0.493 e. The van der Waals surface area contributed by atoms with Crippen molar-refractivity contribution in [2.45, 2.75) is 56.7 Å². The van der Waals surface area contributed by atoms with E-state index in [1.165, 1.54) is 0 Å². The maximum atomic E-state index is 11.4. The number of aliphatic hydroxyl groups excluding tert-OH is 1. The van der Waals surface area contributed by atoms with Crippen LogP contribution in [0.5, 0.6) is 11.5 Å². The lowest BCUT2D eigenvalue weighted by Gasteiger charge is -2.50. The first-order valence-electron chi connectivity index (χ1n) is 9.77. The molecule has 2 fully saturated rings. The summed E-state index contributed by atoms with van der Waals surface area (Å²) in [5, 5.41) is 21.9. The molecule has 1 aliphatic heterocycles. The van der Waals surface area contributed by atoms with Gasteiger partial charge in [0.1, 0.15) is 0 Å². The summed E-state index contributed by atoms with van der Waals surface area (Å²) in [7, 11) is 4.82. The van der Waals surface area contributed by atoms with Crippen LogP contribution in [0.1, 0.15) is 31.7 Å². The second kappa shape index (κ2) is 8.03. The summed E-state index contributed by atoms with van der Waals surface area (Å²) in [4.78, 5) is 0. The summed E-state index contributed by atoms with van der Waals surface area (Å²) < 4.78 is 22.5. The summed E-state index contributed by atoms with van der Waals surface area (Å²) in [6, 6.07) is 5.80. The highest BCUT2D eigenvalue weighted by Crippen LogP contribution is 2.60. The Morgan fingerprint density at radius 3 is 2.54 bits per heavy atom. The van der Waals surface area contributed by atoms with Crippen molar-refractivity contribution in [1.29, 1.82) is 0 Å². The summed E-state index contributed by atoms with van der Waals surface area (Å²) in [6.45, 7) is 6.00. The molecular weight excluding hydrogens is 360 g/mol. The van der Waals surface area contributed by atoms with Crippen molar-refractivity contribution in [3.05, 3.63) is 36.4 Å². The average molecular weight is 392 g/mol. The van der Waals surface area contributed by atoms with Crippen LogP contribution in [0, 0.1) is 11.3 Å². The highest BCUT2D eigenvalue weighted by molar-refractivity contribution is 5.43. The molecule has 0 bridgehead atoms. The average Bonchev–Trinajstić information content (AvgIpc) is 2.88. The standard InChI is InChI=1S/C22H32O6/c1-6-9-21-13-20(27-5)16(23)12-22(21,24)28-18(14(21)2)10-15-7-8-17(25-3)19(11-15)26-4/h6-8,11,14,16,18,20,23-24H,1,9-10,12-13H2,2-5H3. The van der Waals surface area contributed by atoms with Crippen LogP contribution in [-0.2, 0) is 15.9 Å². The van der Waals surface area contributed by atoms with Crippen LogP contribution in [0.3, 0.4) is 0 Å². The van der Waals surface area contributed by atoms with Gasteiger partial charge in [-0.2, -0.15) is 0 Å². The van der Waals surface area contributed by atoms with Crippen molar-refractivity contribution in [2.24, 2.45) is 11.3 Å². The topological polar surface area (TPSA) is 77.4 Å². The molecule has 28 heavy (non-hydrogen) atoms. The van der Waals surface area contributed by atoms with Gasteiger partial charge in [-0.25, -0.2) is 0 Å². The van der Waals surface area contributed by atoms with Gasteiger partial charge in [-0.1, -0.05) is 19.1 Å². The van der Waals surface area contributed by atoms with E-state index in [1.54, 1.807) is 21.3 Å². The molecule has 1 heterocycles. The smallest absolute Gasteiger partial charge is 0.174 e. The fourth-order valence-corrected chi connectivity index (χ4v) is 5.07. The van der Waals surface area contributed by atoms with Gasteiger partial charge in [0.25, 0.3) is 0 Å². The SMILES string of the molecule is C=CCC12CC(OC)C(O)CC1(O)OC(Cc1ccc(OC)c(OC)c1)C2C. The van der Waals surface area contributed by atoms with E-state index in [9.17, 15) is 10.2 Å². The third-order valence-corrected chi connectivity index (χ3v) is 6.73. The van der Waals surface area contributed by atoms with E-state index < -0.39 is 17.3 Å². The molecule has 156 valence electrons. The minimum Gasteiger partial charge on any atom is -0.493 e. The third kappa shape index (κ3) is 3.32. The fraction of sp³-hybridized carbons (Fsp3) is 0.636. The summed E-state index contributed by atoms with van der Waals surface area (Å²) in [5.74, 6) is -0.0182. The van der Waals surface area contributed by atoms with Crippen molar-refractivity contribution in [3.63, 3.8) is 0 Å². The van der Waals surface area contributed by atoms with Crippen molar-refractivity contribution in [2.75, 3.05) is 21.3 Å². The lowest BCUT2D eigenvalue weighted by atomic mass is 9.60. The molecule has 0 spiro atoms. The molecule has 6 nitrogen and oxygen atoms in total. The van der Waals surface area contributed by atoms with E-state index >= 15 is 0 Å². The Kier molecular flexibility index (Phi) is 6.05. The van der Waals surface area contributed by atoms with E-state index in [0.717, 1.165) is 5.56 Å². The first-order valence-corrected chi connectivity index (χ1v) is 9.77. The minimum atomic E-state index is -1.41. The summed E-state index contributed by atoms with van der Waals surface area (Å²) in [6.07, 6.45) is 2.41. The number of fused-ring (bicyclic) bond motifs is 1. The van der Waals surface area contributed by atoms with Crippen LogP contribution < -0.4 is 9.47 Å². The Balaban J connectivity index is 1.90. The summed E-state index contributed by atoms with van der Waals surface area (Å²) in [5.41, 5.74) is 0.491. The van der Waals surface area contributed by atoms with E-state index in [2.05, 4.69) is 13.5 Å². The molecule has 1 aromatic rings. The van der Waals surface area contributed by atoms with Crippen LogP contribution in [-0.4, -0.2) is 55.6 Å². The van der Waals surface area contributed by atoms with Crippen LogP contribution in [0.4, 0.5) is 0 Å². The molecule has 1 aliphatic carbocycles. The zero-order valence-corrected chi connectivity index (χ0v) is 17.2. The lowest BCUT2D eigenvalue weighted by Crippen LogP contribution is -2.58. The second-order valence-electron chi connectivity index (χ2n) is 8.02. The lowest BCUT2D eigenvalue weighted by molar-refractivity contribution is -0.286. The zero-order chi connectivity index (χ0) is 20.5. The molecule has 6 unspecified atom stereocenters. The molecule has 1 saturated carbocycles. The maximum absolute atomic E-state index is 11.4. The summed E-state index contributed by atoms with van der Waals surface area (Å²) >= 11 is 0. The number of rotatable bonds is 7. The van der Waals surface area contributed by atoms with Crippen molar-refractivity contribution in [3.8, 4) is 11.5 Å². The number of benzene rings is 1. The zero-order valence-electron chi connectivity index (χ0n) is 17.2. The Bertz CT molecular complexity index is 706.